The molecule has 0 aromatic heterocycles. The van der Waals surface area contributed by atoms with Gasteiger partial charge in [-0.1, -0.05) is 17.7 Å². The largest absolute Gasteiger partial charge is 0.497 e. The predicted octanol–water partition coefficient (Wildman–Crippen LogP) is 5.26. The summed E-state index contributed by atoms with van der Waals surface area (Å²) >= 11 is 6.11. The molecule has 0 aliphatic rings. The first-order chi connectivity index (χ1) is 15.7. The maximum atomic E-state index is 13.9. The van der Waals surface area contributed by atoms with Crippen molar-refractivity contribution in [3.05, 3.63) is 95.5 Å². The lowest BCUT2D eigenvalue weighted by Gasteiger charge is -2.23. The van der Waals surface area contributed by atoms with E-state index in [1.165, 1.54) is 25.3 Å². The Kier molecular flexibility index (Phi) is 7.35. The first kappa shape index (κ1) is 24.2. The number of hydrogen-bond donors (Lipinski definition) is 1. The van der Waals surface area contributed by atoms with E-state index in [1.54, 1.807) is 24.3 Å². The molecule has 0 aliphatic heterocycles. The van der Waals surface area contributed by atoms with Crippen molar-refractivity contribution in [2.24, 2.45) is 0 Å². The van der Waals surface area contributed by atoms with Crippen LogP contribution in [0.25, 0.3) is 0 Å². The fraction of sp³-hybridized carbons (Fsp3) is 0.0870. The second kappa shape index (κ2) is 10.0. The molecule has 0 heterocycles. The van der Waals surface area contributed by atoms with Gasteiger partial charge in [0.15, 0.2) is 0 Å². The van der Waals surface area contributed by atoms with Crippen molar-refractivity contribution in [1.82, 2.24) is 0 Å². The number of methoxy groups -OCH3 is 1. The van der Waals surface area contributed by atoms with Gasteiger partial charge in [-0.15, -0.1) is 6.58 Å². The summed E-state index contributed by atoms with van der Waals surface area (Å²) in [7, 11) is -2.64. The SMILES string of the molecule is C=CCN(c1ccc(OC)cc1)S(=O)(=O)c1ccc(Cl)c(C(=O)Nc2ccc(F)cc2F)c1. The van der Waals surface area contributed by atoms with Crippen LogP contribution in [-0.2, 0) is 10.0 Å². The van der Waals surface area contributed by atoms with Gasteiger partial charge in [-0.25, -0.2) is 17.2 Å². The molecule has 0 unspecified atom stereocenters. The number of halogens is 3. The van der Waals surface area contributed by atoms with Gasteiger partial charge in [0.2, 0.25) is 0 Å². The Morgan fingerprint density at radius 3 is 2.42 bits per heavy atom. The molecule has 0 fully saturated rings. The number of benzene rings is 3. The Bertz CT molecular complexity index is 1300. The summed E-state index contributed by atoms with van der Waals surface area (Å²) in [5, 5.41) is 2.22. The molecule has 33 heavy (non-hydrogen) atoms. The molecule has 0 spiro atoms. The number of ether oxygens (including phenoxy) is 1. The summed E-state index contributed by atoms with van der Waals surface area (Å²) in [5.41, 5.74) is -0.128. The van der Waals surface area contributed by atoms with Gasteiger partial charge < -0.3 is 10.1 Å². The molecule has 3 rings (SSSR count). The Morgan fingerprint density at radius 2 is 1.82 bits per heavy atom. The van der Waals surface area contributed by atoms with Crippen LogP contribution in [0.15, 0.2) is 78.2 Å². The summed E-state index contributed by atoms with van der Waals surface area (Å²) in [6.07, 6.45) is 1.42. The van der Waals surface area contributed by atoms with Crippen LogP contribution in [-0.4, -0.2) is 28.0 Å². The number of nitrogens with one attached hydrogen (secondary N) is 1. The Morgan fingerprint density at radius 1 is 1.12 bits per heavy atom. The molecule has 0 radical (unpaired) electrons. The van der Waals surface area contributed by atoms with Gasteiger partial charge >= 0.3 is 0 Å². The third kappa shape index (κ3) is 5.32. The van der Waals surface area contributed by atoms with E-state index >= 15 is 0 Å². The van der Waals surface area contributed by atoms with E-state index in [0.717, 1.165) is 22.5 Å². The minimum atomic E-state index is -4.14. The predicted molar refractivity (Wildman–Crippen MR) is 123 cm³/mol. The normalized spacial score (nSPS) is 11.0. The molecule has 0 bridgehead atoms. The second-order valence-electron chi connectivity index (χ2n) is 6.74. The molecule has 172 valence electrons. The zero-order valence-electron chi connectivity index (χ0n) is 17.4. The highest BCUT2D eigenvalue weighted by Gasteiger charge is 2.26. The molecule has 3 aromatic rings. The second-order valence-corrected chi connectivity index (χ2v) is 9.01. The van der Waals surface area contributed by atoms with Crippen LogP contribution < -0.4 is 14.4 Å². The lowest BCUT2D eigenvalue weighted by atomic mass is 10.2. The number of anilines is 2. The zero-order chi connectivity index (χ0) is 24.2. The molecule has 0 atom stereocenters. The average Bonchev–Trinajstić information content (AvgIpc) is 2.79. The lowest BCUT2D eigenvalue weighted by molar-refractivity contribution is 0.102. The highest BCUT2D eigenvalue weighted by molar-refractivity contribution is 7.92. The van der Waals surface area contributed by atoms with Crippen LogP contribution in [0.1, 0.15) is 10.4 Å². The van der Waals surface area contributed by atoms with Gasteiger partial charge in [0, 0.05) is 6.07 Å². The van der Waals surface area contributed by atoms with Crippen molar-refractivity contribution < 1.29 is 26.7 Å². The van der Waals surface area contributed by atoms with E-state index in [1.807, 2.05) is 0 Å². The Hall–Kier alpha value is -3.43. The van der Waals surface area contributed by atoms with Crippen LogP contribution in [0.2, 0.25) is 5.02 Å². The molecule has 6 nitrogen and oxygen atoms in total. The van der Waals surface area contributed by atoms with Crippen molar-refractivity contribution in [2.75, 3.05) is 23.3 Å². The van der Waals surface area contributed by atoms with Crippen LogP contribution >= 0.6 is 11.6 Å². The third-order valence-electron chi connectivity index (χ3n) is 4.61. The molecule has 0 saturated heterocycles. The van der Waals surface area contributed by atoms with Crippen molar-refractivity contribution in [3.63, 3.8) is 0 Å². The highest BCUT2D eigenvalue weighted by Crippen LogP contribution is 2.29. The maximum absolute atomic E-state index is 13.9. The van der Waals surface area contributed by atoms with Crippen molar-refractivity contribution >= 4 is 38.9 Å². The topological polar surface area (TPSA) is 75.7 Å². The maximum Gasteiger partial charge on any atom is 0.264 e. The van der Waals surface area contributed by atoms with Crippen molar-refractivity contribution in [2.45, 2.75) is 4.90 Å². The van der Waals surface area contributed by atoms with Gasteiger partial charge in [-0.3, -0.25) is 9.10 Å². The van der Waals surface area contributed by atoms with Gasteiger partial charge in [0.25, 0.3) is 15.9 Å². The van der Waals surface area contributed by atoms with E-state index in [9.17, 15) is 22.0 Å². The molecule has 10 heteroatoms. The average molecular weight is 493 g/mol. The van der Waals surface area contributed by atoms with Gasteiger partial charge in [0.1, 0.15) is 17.4 Å². The number of nitrogens with zero attached hydrogens (tertiary/aromatic N) is 1. The Balaban J connectivity index is 1.98. The van der Waals surface area contributed by atoms with E-state index < -0.39 is 27.6 Å². The molecular formula is C23H19ClF2N2O4S. The number of amides is 1. The summed E-state index contributed by atoms with van der Waals surface area (Å²) in [6.45, 7) is 3.57. The summed E-state index contributed by atoms with van der Waals surface area (Å²) in [5.74, 6) is -2.10. The molecular weight excluding hydrogens is 474 g/mol. The minimum Gasteiger partial charge on any atom is -0.497 e. The summed E-state index contributed by atoms with van der Waals surface area (Å²) in [4.78, 5) is 12.5. The fourth-order valence-corrected chi connectivity index (χ4v) is 4.62. The summed E-state index contributed by atoms with van der Waals surface area (Å²) in [6, 6.07) is 12.6. The molecule has 1 N–H and O–H groups in total. The molecule has 1 amide bonds. The first-order valence-electron chi connectivity index (χ1n) is 9.51. The third-order valence-corrected chi connectivity index (χ3v) is 6.72. The highest BCUT2D eigenvalue weighted by atomic mass is 35.5. The number of carbonyl (C=O) groups is 1. The minimum absolute atomic E-state index is 0.0421. The smallest absolute Gasteiger partial charge is 0.264 e. The van der Waals surface area contributed by atoms with Gasteiger partial charge in [-0.05, 0) is 54.6 Å². The number of rotatable bonds is 8. The fourth-order valence-electron chi connectivity index (χ4n) is 2.95. The van der Waals surface area contributed by atoms with Crippen molar-refractivity contribution in [1.29, 1.82) is 0 Å². The van der Waals surface area contributed by atoms with Crippen LogP contribution in [0.5, 0.6) is 5.75 Å². The van der Waals surface area contributed by atoms with Crippen LogP contribution in [0, 0.1) is 11.6 Å². The van der Waals surface area contributed by atoms with Gasteiger partial charge in [0.05, 0.1) is 40.5 Å². The lowest BCUT2D eigenvalue weighted by Crippen LogP contribution is -2.31. The van der Waals surface area contributed by atoms with Crippen molar-refractivity contribution in [3.8, 4) is 5.75 Å². The molecule has 0 aliphatic carbocycles. The van der Waals surface area contributed by atoms with E-state index in [4.69, 9.17) is 16.3 Å². The monoisotopic (exact) mass is 492 g/mol. The standard InChI is InChI=1S/C23H19ClF2N2O4S/c1-3-12-28(16-5-7-17(32-2)8-6-16)33(30,31)18-9-10-20(24)19(14-18)23(29)27-22-11-4-15(25)13-21(22)26/h3-11,13-14H,1,12H2,2H3,(H,27,29). The van der Waals surface area contributed by atoms with E-state index in [2.05, 4.69) is 11.9 Å². The first-order valence-corrected chi connectivity index (χ1v) is 11.3. The summed E-state index contributed by atoms with van der Waals surface area (Å²) < 4.78 is 60.0. The number of carbonyl (C=O) groups excluding carboxylic acids is 1. The van der Waals surface area contributed by atoms with Crippen LogP contribution in [0.3, 0.4) is 0 Å². The Labute approximate surface area is 195 Å². The quantitative estimate of drug-likeness (QED) is 0.435. The van der Waals surface area contributed by atoms with E-state index in [0.29, 0.717) is 17.5 Å². The number of sulfonamides is 1. The zero-order valence-corrected chi connectivity index (χ0v) is 19.0. The number of hydrogen-bond acceptors (Lipinski definition) is 4. The molecule has 0 saturated carbocycles. The van der Waals surface area contributed by atoms with E-state index in [-0.39, 0.29) is 27.7 Å². The molecule has 3 aromatic carbocycles. The van der Waals surface area contributed by atoms with Gasteiger partial charge in [-0.2, -0.15) is 0 Å². The van der Waals surface area contributed by atoms with Crippen LogP contribution in [0.4, 0.5) is 20.2 Å².